The van der Waals surface area contributed by atoms with Gasteiger partial charge in [0, 0.05) is 10.4 Å². The Morgan fingerprint density at radius 3 is 2.45 bits per heavy atom. The molecule has 20 heavy (non-hydrogen) atoms. The summed E-state index contributed by atoms with van der Waals surface area (Å²) in [7, 11) is -3.55. The molecule has 0 radical (unpaired) electrons. The summed E-state index contributed by atoms with van der Waals surface area (Å²) in [6, 6.07) is 9.79. The SMILES string of the molecule is CS(=O)(=O)Oc1ccc(C(=O)/C=C/c2cccs2)cc1. The first kappa shape index (κ1) is 14.5. The van der Waals surface area contributed by atoms with Crippen molar-refractivity contribution < 1.29 is 17.4 Å². The van der Waals surface area contributed by atoms with Gasteiger partial charge in [-0.3, -0.25) is 4.79 Å². The van der Waals surface area contributed by atoms with Crippen LogP contribution < -0.4 is 4.18 Å². The second kappa shape index (κ2) is 6.02. The number of carbonyl (C=O) groups is 1. The highest BCUT2D eigenvalue weighted by atomic mass is 32.2. The molecule has 0 fully saturated rings. The van der Waals surface area contributed by atoms with Crippen molar-refractivity contribution in [1.82, 2.24) is 0 Å². The van der Waals surface area contributed by atoms with E-state index < -0.39 is 10.1 Å². The maximum Gasteiger partial charge on any atom is 0.306 e. The summed E-state index contributed by atoms with van der Waals surface area (Å²) < 4.78 is 26.6. The number of ketones is 1. The summed E-state index contributed by atoms with van der Waals surface area (Å²) in [6.07, 6.45) is 4.20. The normalized spacial score (nSPS) is 11.7. The van der Waals surface area contributed by atoms with Crippen molar-refractivity contribution in [3.05, 3.63) is 58.3 Å². The van der Waals surface area contributed by atoms with Crippen LogP contribution in [0.1, 0.15) is 15.2 Å². The molecule has 0 saturated heterocycles. The summed E-state index contributed by atoms with van der Waals surface area (Å²) in [5, 5.41) is 1.93. The molecule has 0 N–H and O–H groups in total. The lowest BCUT2D eigenvalue weighted by molar-refractivity contribution is 0.104. The molecule has 2 rings (SSSR count). The average molecular weight is 308 g/mol. The highest BCUT2D eigenvalue weighted by Gasteiger charge is 2.06. The molecule has 1 heterocycles. The zero-order valence-electron chi connectivity index (χ0n) is 10.6. The van der Waals surface area contributed by atoms with Crippen LogP contribution in [-0.4, -0.2) is 20.5 Å². The molecule has 0 amide bonds. The highest BCUT2D eigenvalue weighted by Crippen LogP contribution is 2.16. The van der Waals surface area contributed by atoms with E-state index >= 15 is 0 Å². The van der Waals surface area contributed by atoms with Crippen molar-refractivity contribution in [2.45, 2.75) is 0 Å². The Morgan fingerprint density at radius 2 is 1.90 bits per heavy atom. The van der Waals surface area contributed by atoms with Crippen LogP contribution in [0.2, 0.25) is 0 Å². The molecule has 0 aliphatic rings. The maximum absolute atomic E-state index is 11.9. The lowest BCUT2D eigenvalue weighted by Crippen LogP contribution is -2.05. The van der Waals surface area contributed by atoms with Crippen LogP contribution in [0.3, 0.4) is 0 Å². The third-order valence-corrected chi connectivity index (χ3v) is 3.66. The predicted octanol–water partition coefficient (Wildman–Crippen LogP) is 2.98. The minimum atomic E-state index is -3.55. The van der Waals surface area contributed by atoms with Crippen molar-refractivity contribution in [2.24, 2.45) is 0 Å². The Labute approximate surface area is 121 Å². The summed E-state index contributed by atoms with van der Waals surface area (Å²) in [6.45, 7) is 0. The van der Waals surface area contributed by atoms with Gasteiger partial charge in [0.2, 0.25) is 0 Å². The van der Waals surface area contributed by atoms with Gasteiger partial charge in [0.25, 0.3) is 0 Å². The first-order chi connectivity index (χ1) is 9.44. The van der Waals surface area contributed by atoms with Crippen molar-refractivity contribution >= 4 is 33.3 Å². The van der Waals surface area contributed by atoms with Gasteiger partial charge in [-0.25, -0.2) is 0 Å². The molecule has 104 valence electrons. The molecule has 1 aromatic heterocycles. The van der Waals surface area contributed by atoms with E-state index in [-0.39, 0.29) is 11.5 Å². The van der Waals surface area contributed by atoms with Crippen LogP contribution in [0.15, 0.2) is 47.9 Å². The minimum absolute atomic E-state index is 0.149. The Balaban J connectivity index is 2.08. The summed E-state index contributed by atoms with van der Waals surface area (Å²) >= 11 is 1.54. The van der Waals surface area contributed by atoms with E-state index in [9.17, 15) is 13.2 Å². The highest BCUT2D eigenvalue weighted by molar-refractivity contribution is 7.86. The number of thiophene rings is 1. The topological polar surface area (TPSA) is 60.4 Å². The first-order valence-corrected chi connectivity index (χ1v) is 8.39. The van der Waals surface area contributed by atoms with Crippen LogP contribution in [0.25, 0.3) is 6.08 Å². The number of rotatable bonds is 5. The van der Waals surface area contributed by atoms with Crippen molar-refractivity contribution in [1.29, 1.82) is 0 Å². The molecule has 2 aromatic rings. The predicted molar refractivity (Wildman–Crippen MR) is 79.6 cm³/mol. The second-order valence-corrected chi connectivity index (χ2v) is 6.58. The third-order valence-electron chi connectivity index (χ3n) is 2.33. The number of benzene rings is 1. The van der Waals surface area contributed by atoms with E-state index in [0.29, 0.717) is 5.56 Å². The number of carbonyl (C=O) groups excluding carboxylic acids is 1. The molecule has 0 unspecified atom stereocenters. The molecule has 0 aliphatic carbocycles. The smallest absolute Gasteiger partial charge is 0.306 e. The van der Waals surface area contributed by atoms with Gasteiger partial charge in [0.1, 0.15) is 5.75 Å². The van der Waals surface area contributed by atoms with Crippen molar-refractivity contribution in [3.63, 3.8) is 0 Å². The molecular formula is C14H12O4S2. The third kappa shape index (κ3) is 4.32. The molecule has 6 heteroatoms. The van der Waals surface area contributed by atoms with Gasteiger partial charge in [-0.1, -0.05) is 6.07 Å². The maximum atomic E-state index is 11.9. The largest absolute Gasteiger partial charge is 0.383 e. The van der Waals surface area contributed by atoms with Crippen LogP contribution >= 0.6 is 11.3 Å². The average Bonchev–Trinajstić information content (AvgIpc) is 2.88. The number of allylic oxidation sites excluding steroid dienone is 1. The fraction of sp³-hybridized carbons (Fsp3) is 0.0714. The van der Waals surface area contributed by atoms with E-state index in [4.69, 9.17) is 4.18 Å². The fourth-order valence-electron chi connectivity index (χ4n) is 1.49. The fourth-order valence-corrected chi connectivity index (χ4v) is 2.57. The van der Waals surface area contributed by atoms with E-state index in [2.05, 4.69) is 0 Å². The summed E-state index contributed by atoms with van der Waals surface area (Å²) in [4.78, 5) is 12.9. The minimum Gasteiger partial charge on any atom is -0.383 e. The standard InChI is InChI=1S/C14H12O4S2/c1-20(16,17)18-12-6-4-11(5-7-12)14(15)9-8-13-3-2-10-19-13/h2-10H,1H3/b9-8+. The van der Waals surface area contributed by atoms with Gasteiger partial charge in [-0.05, 0) is 47.9 Å². The Hall–Kier alpha value is -1.92. The molecule has 0 bridgehead atoms. The van der Waals surface area contributed by atoms with E-state index in [1.54, 1.807) is 17.4 Å². The van der Waals surface area contributed by atoms with Gasteiger partial charge in [-0.15, -0.1) is 11.3 Å². The molecule has 0 atom stereocenters. The molecule has 4 nitrogen and oxygen atoms in total. The quantitative estimate of drug-likeness (QED) is 0.484. The number of hydrogen-bond donors (Lipinski definition) is 0. The Morgan fingerprint density at radius 1 is 1.20 bits per heavy atom. The molecule has 0 spiro atoms. The second-order valence-electron chi connectivity index (χ2n) is 4.02. The van der Waals surface area contributed by atoms with E-state index in [1.807, 2.05) is 17.5 Å². The first-order valence-electron chi connectivity index (χ1n) is 5.69. The van der Waals surface area contributed by atoms with Crippen molar-refractivity contribution in [2.75, 3.05) is 6.26 Å². The van der Waals surface area contributed by atoms with Gasteiger partial charge in [-0.2, -0.15) is 8.42 Å². The Bertz CT molecular complexity index is 711. The lowest BCUT2D eigenvalue weighted by atomic mass is 10.1. The molecule has 0 aliphatic heterocycles. The van der Waals surface area contributed by atoms with Crippen LogP contribution in [0.5, 0.6) is 5.75 Å². The molecular weight excluding hydrogens is 296 g/mol. The number of hydrogen-bond acceptors (Lipinski definition) is 5. The van der Waals surface area contributed by atoms with E-state index in [0.717, 1.165) is 11.1 Å². The molecule has 0 saturated carbocycles. The van der Waals surface area contributed by atoms with Gasteiger partial charge < -0.3 is 4.18 Å². The van der Waals surface area contributed by atoms with Crippen LogP contribution in [-0.2, 0) is 10.1 Å². The van der Waals surface area contributed by atoms with Crippen molar-refractivity contribution in [3.8, 4) is 5.75 Å². The molecule has 1 aromatic carbocycles. The van der Waals surface area contributed by atoms with Crippen LogP contribution in [0.4, 0.5) is 0 Å². The zero-order valence-corrected chi connectivity index (χ0v) is 12.3. The zero-order chi connectivity index (χ0) is 14.6. The van der Waals surface area contributed by atoms with Crippen LogP contribution in [0, 0.1) is 0 Å². The Kier molecular flexibility index (Phi) is 4.36. The van der Waals surface area contributed by atoms with E-state index in [1.165, 1.54) is 30.3 Å². The van der Waals surface area contributed by atoms with Gasteiger partial charge in [0.05, 0.1) is 6.26 Å². The lowest BCUT2D eigenvalue weighted by Gasteiger charge is -2.02. The monoisotopic (exact) mass is 308 g/mol. The van der Waals surface area contributed by atoms with Gasteiger partial charge >= 0.3 is 10.1 Å². The summed E-state index contributed by atoms with van der Waals surface area (Å²) in [5.41, 5.74) is 0.471. The summed E-state index contributed by atoms with van der Waals surface area (Å²) in [5.74, 6) is 0.0376. The van der Waals surface area contributed by atoms with Gasteiger partial charge in [0.15, 0.2) is 5.78 Å².